The Morgan fingerprint density at radius 2 is 1.88 bits per heavy atom. The zero-order chi connectivity index (χ0) is 17.5. The maximum absolute atomic E-state index is 11.8. The minimum absolute atomic E-state index is 0.0334. The highest BCUT2D eigenvalue weighted by Crippen LogP contribution is 2.09. The molecule has 1 heterocycles. The van der Waals surface area contributed by atoms with Crippen LogP contribution in [0.15, 0.2) is 35.1 Å². The van der Waals surface area contributed by atoms with E-state index in [0.29, 0.717) is 5.69 Å². The van der Waals surface area contributed by atoms with Gasteiger partial charge in [-0.05, 0) is 48.6 Å². The fourth-order valence-corrected chi connectivity index (χ4v) is 2.34. The van der Waals surface area contributed by atoms with Crippen LogP contribution in [0.4, 0.5) is 5.69 Å². The smallest absolute Gasteiger partial charge is 0.251 e. The topological polar surface area (TPSA) is 102 Å². The van der Waals surface area contributed by atoms with Crippen LogP contribution < -0.4 is 21.7 Å². The van der Waals surface area contributed by atoms with Crippen molar-refractivity contribution in [2.24, 2.45) is 0 Å². The van der Waals surface area contributed by atoms with E-state index >= 15 is 0 Å². The van der Waals surface area contributed by atoms with Gasteiger partial charge >= 0.3 is 0 Å². The molecule has 1 aromatic carbocycles. The lowest BCUT2D eigenvalue weighted by Crippen LogP contribution is -2.44. The Balaban J connectivity index is 1.83. The Labute approximate surface area is 148 Å². The molecule has 0 spiro atoms. The van der Waals surface area contributed by atoms with Crippen molar-refractivity contribution in [3.63, 3.8) is 0 Å². The van der Waals surface area contributed by atoms with Gasteiger partial charge in [0.25, 0.3) is 5.56 Å². The Morgan fingerprint density at radius 3 is 2.50 bits per heavy atom. The molecular formula is C15H17N5O2S2. The number of hydrogen-bond acceptors (Lipinski definition) is 4. The van der Waals surface area contributed by atoms with Crippen LogP contribution in [0.2, 0.25) is 0 Å². The van der Waals surface area contributed by atoms with E-state index in [9.17, 15) is 9.59 Å². The molecule has 2 aromatic rings. The molecular weight excluding hydrogens is 346 g/mol. The second-order valence-corrected chi connectivity index (χ2v) is 5.78. The first-order chi connectivity index (χ1) is 11.5. The second kappa shape index (κ2) is 8.37. The minimum Gasteiger partial charge on any atom is -0.335 e. The van der Waals surface area contributed by atoms with E-state index in [1.54, 1.807) is 0 Å². The number of aryl methyl sites for hydroxylation is 1. The van der Waals surface area contributed by atoms with Gasteiger partial charge in [-0.25, -0.2) is 0 Å². The molecule has 9 heteroatoms. The number of hydrazine groups is 1. The van der Waals surface area contributed by atoms with E-state index in [2.05, 4.69) is 33.1 Å². The van der Waals surface area contributed by atoms with Crippen LogP contribution in [0.3, 0.4) is 0 Å². The molecule has 0 saturated carbocycles. The highest BCUT2D eigenvalue weighted by molar-refractivity contribution is 7.80. The molecule has 0 fully saturated rings. The first kappa shape index (κ1) is 17.8. The Hall–Kier alpha value is -2.52. The number of carbonyl (C=O) groups is 1. The maximum Gasteiger partial charge on any atom is 0.251 e. The molecule has 0 aliphatic rings. The largest absolute Gasteiger partial charge is 0.335 e. The average Bonchev–Trinajstić information content (AvgIpc) is 2.53. The van der Waals surface area contributed by atoms with Gasteiger partial charge in [-0.15, -0.1) is 0 Å². The summed E-state index contributed by atoms with van der Waals surface area (Å²) in [5, 5.41) is 3.21. The molecule has 0 unspecified atom stereocenters. The van der Waals surface area contributed by atoms with Crippen LogP contribution in [0.25, 0.3) is 0 Å². The number of hydrogen-bond donors (Lipinski definition) is 5. The number of H-pyrrole nitrogens is 2. The predicted molar refractivity (Wildman–Crippen MR) is 99.3 cm³/mol. The third-order valence-corrected chi connectivity index (χ3v) is 3.51. The summed E-state index contributed by atoms with van der Waals surface area (Å²) in [7, 11) is 0. The number of carbonyl (C=O) groups excluding carboxylic acids is 1. The average molecular weight is 363 g/mol. The number of aromatic amines is 2. The van der Waals surface area contributed by atoms with Crippen molar-refractivity contribution >= 4 is 41.1 Å². The van der Waals surface area contributed by atoms with Crippen molar-refractivity contribution in [2.75, 3.05) is 5.32 Å². The number of anilines is 1. The van der Waals surface area contributed by atoms with Gasteiger partial charge in [0.05, 0.1) is 6.42 Å². The summed E-state index contributed by atoms with van der Waals surface area (Å²) < 4.78 is 0.172. The molecule has 0 bridgehead atoms. The van der Waals surface area contributed by atoms with Crippen LogP contribution >= 0.6 is 24.4 Å². The fraction of sp³-hybridized carbons (Fsp3) is 0.200. The molecule has 1 aromatic heterocycles. The van der Waals surface area contributed by atoms with E-state index in [1.165, 1.54) is 11.6 Å². The number of thiocarbonyl (C=S) groups is 1. The lowest BCUT2D eigenvalue weighted by atomic mass is 10.1. The minimum atomic E-state index is -0.364. The summed E-state index contributed by atoms with van der Waals surface area (Å²) in [5.41, 5.74) is 7.15. The fourth-order valence-electron chi connectivity index (χ4n) is 1.94. The standard InChI is InChI=1S/C15H17N5O2S2/c1-2-9-3-5-10(6-4-9)16-15(24)20-19-13(22)8-11-7-12(21)18-14(23)17-11/h3-7H,2,8H2,1H3,(H,19,22)(H2,16,20,24)(H2,17,18,21,23). The zero-order valence-electron chi connectivity index (χ0n) is 12.9. The lowest BCUT2D eigenvalue weighted by molar-refractivity contribution is -0.121. The molecule has 0 aliphatic carbocycles. The van der Waals surface area contributed by atoms with Crippen LogP contribution in [-0.2, 0) is 17.6 Å². The summed E-state index contributed by atoms with van der Waals surface area (Å²) in [6, 6.07) is 9.09. The van der Waals surface area contributed by atoms with E-state index in [0.717, 1.165) is 12.1 Å². The van der Waals surface area contributed by atoms with Crippen molar-refractivity contribution in [3.8, 4) is 0 Å². The second-order valence-electron chi connectivity index (χ2n) is 4.97. The summed E-state index contributed by atoms with van der Waals surface area (Å²) in [5.74, 6) is -0.364. The quantitative estimate of drug-likeness (QED) is 0.417. The Bertz CT molecular complexity index is 814. The monoisotopic (exact) mass is 363 g/mol. The van der Waals surface area contributed by atoms with Gasteiger partial charge in [0, 0.05) is 17.4 Å². The Morgan fingerprint density at radius 1 is 1.17 bits per heavy atom. The van der Waals surface area contributed by atoms with Crippen molar-refractivity contribution < 1.29 is 4.79 Å². The zero-order valence-corrected chi connectivity index (χ0v) is 14.6. The van der Waals surface area contributed by atoms with E-state index < -0.39 is 0 Å². The number of aromatic nitrogens is 2. The molecule has 24 heavy (non-hydrogen) atoms. The van der Waals surface area contributed by atoms with Gasteiger partial charge in [0.1, 0.15) is 0 Å². The summed E-state index contributed by atoms with van der Waals surface area (Å²) in [4.78, 5) is 28.3. The molecule has 126 valence electrons. The summed E-state index contributed by atoms with van der Waals surface area (Å²) in [6.07, 6.45) is 0.929. The van der Waals surface area contributed by atoms with E-state index in [-0.39, 0.29) is 27.8 Å². The van der Waals surface area contributed by atoms with Crippen molar-refractivity contribution in [1.29, 1.82) is 0 Å². The van der Waals surface area contributed by atoms with Gasteiger partial charge in [0.15, 0.2) is 9.88 Å². The summed E-state index contributed by atoms with van der Waals surface area (Å²) >= 11 is 9.95. The number of amides is 1. The van der Waals surface area contributed by atoms with Crippen LogP contribution in [0, 0.1) is 4.77 Å². The number of nitrogens with one attached hydrogen (secondary N) is 5. The third-order valence-electron chi connectivity index (χ3n) is 3.10. The van der Waals surface area contributed by atoms with Crippen molar-refractivity contribution in [1.82, 2.24) is 20.8 Å². The van der Waals surface area contributed by atoms with E-state index in [1.807, 2.05) is 24.3 Å². The molecule has 0 radical (unpaired) electrons. The molecule has 0 atom stereocenters. The predicted octanol–water partition coefficient (Wildman–Crippen LogP) is 1.56. The number of rotatable bonds is 4. The molecule has 0 saturated heterocycles. The molecule has 2 rings (SSSR count). The molecule has 5 N–H and O–H groups in total. The van der Waals surface area contributed by atoms with Crippen LogP contribution in [0.1, 0.15) is 18.2 Å². The molecule has 7 nitrogen and oxygen atoms in total. The Kier molecular flexibility index (Phi) is 6.21. The molecule has 1 amide bonds. The number of benzene rings is 1. The van der Waals surface area contributed by atoms with Gasteiger partial charge in [-0.3, -0.25) is 25.4 Å². The molecule has 0 aliphatic heterocycles. The van der Waals surface area contributed by atoms with Gasteiger partial charge in [-0.2, -0.15) is 0 Å². The maximum atomic E-state index is 11.8. The lowest BCUT2D eigenvalue weighted by Gasteiger charge is -2.12. The van der Waals surface area contributed by atoms with Crippen molar-refractivity contribution in [3.05, 3.63) is 56.7 Å². The highest BCUT2D eigenvalue weighted by atomic mass is 32.1. The van der Waals surface area contributed by atoms with Gasteiger partial charge < -0.3 is 10.3 Å². The van der Waals surface area contributed by atoms with Gasteiger partial charge in [-0.1, -0.05) is 19.1 Å². The first-order valence-electron chi connectivity index (χ1n) is 7.23. The van der Waals surface area contributed by atoms with Gasteiger partial charge in [0.2, 0.25) is 5.91 Å². The van der Waals surface area contributed by atoms with Crippen LogP contribution in [0.5, 0.6) is 0 Å². The normalized spacial score (nSPS) is 10.0. The summed E-state index contributed by atoms with van der Waals surface area (Å²) in [6.45, 7) is 2.08. The van der Waals surface area contributed by atoms with Crippen molar-refractivity contribution in [2.45, 2.75) is 19.8 Å². The van der Waals surface area contributed by atoms with E-state index in [4.69, 9.17) is 24.4 Å². The first-order valence-corrected chi connectivity index (χ1v) is 8.05. The van der Waals surface area contributed by atoms with Crippen LogP contribution in [-0.4, -0.2) is 21.0 Å². The highest BCUT2D eigenvalue weighted by Gasteiger charge is 2.05. The SMILES string of the molecule is CCc1ccc(NC(=S)NNC(=O)Cc2cc(=O)[nH]c(=S)[nH]2)cc1. The third kappa shape index (κ3) is 5.60.